The molecule has 0 heterocycles. The average molecular weight is 870 g/mol. The standard InChI is InChI=1S/C51H101N2O6P/c1-6-8-10-12-14-16-18-20-22-24-25-26-27-28-29-31-33-35-37-39-41-43-45-51(55)52-49(48-59-60(56,57)58-47-46-53(3,4)5)50(54)44-42-40-38-36-34-32-30-23-21-19-17-15-13-11-9-7-2/h34,36,42,44,49-50,54H,6-33,35,37-41,43,45-48H2,1-5H3,(H-,52,55,56,57)/p+1/b36-34+,44-42+. The summed E-state index contributed by atoms with van der Waals surface area (Å²) < 4.78 is 23.6. The van der Waals surface area contributed by atoms with E-state index in [0.29, 0.717) is 17.4 Å². The van der Waals surface area contributed by atoms with Crippen LogP contribution in [0.3, 0.4) is 0 Å². The van der Waals surface area contributed by atoms with Gasteiger partial charge in [-0.2, -0.15) is 0 Å². The van der Waals surface area contributed by atoms with Crippen molar-refractivity contribution in [2.75, 3.05) is 40.9 Å². The zero-order chi connectivity index (χ0) is 44.3. The van der Waals surface area contributed by atoms with E-state index in [1.54, 1.807) is 6.08 Å². The van der Waals surface area contributed by atoms with Crippen LogP contribution in [-0.4, -0.2) is 73.4 Å². The summed E-state index contributed by atoms with van der Waals surface area (Å²) in [4.78, 5) is 23.2. The molecule has 0 radical (unpaired) electrons. The minimum absolute atomic E-state index is 0.0585. The number of nitrogens with one attached hydrogen (secondary N) is 1. The topological polar surface area (TPSA) is 105 Å². The van der Waals surface area contributed by atoms with Gasteiger partial charge in [0.05, 0.1) is 39.9 Å². The molecule has 1 amide bonds. The summed E-state index contributed by atoms with van der Waals surface area (Å²) in [6, 6.07) is -0.858. The lowest BCUT2D eigenvalue weighted by molar-refractivity contribution is -0.870. The molecule has 0 spiro atoms. The molecule has 0 aromatic carbocycles. The maximum atomic E-state index is 12.9. The summed E-state index contributed by atoms with van der Waals surface area (Å²) in [5, 5.41) is 13.9. The third kappa shape index (κ3) is 45.0. The second kappa shape index (κ2) is 43.2. The number of aliphatic hydroxyl groups is 1. The van der Waals surface area contributed by atoms with Gasteiger partial charge >= 0.3 is 7.82 Å². The monoisotopic (exact) mass is 870 g/mol. The minimum atomic E-state index is -4.35. The van der Waals surface area contributed by atoms with Gasteiger partial charge in [0.1, 0.15) is 13.2 Å². The van der Waals surface area contributed by atoms with Gasteiger partial charge in [-0.15, -0.1) is 0 Å². The van der Waals surface area contributed by atoms with Crippen LogP contribution in [0.5, 0.6) is 0 Å². The van der Waals surface area contributed by atoms with Crippen LogP contribution in [0.15, 0.2) is 24.3 Å². The predicted octanol–water partition coefficient (Wildman–Crippen LogP) is 14.9. The second-order valence-corrected chi connectivity index (χ2v) is 20.4. The van der Waals surface area contributed by atoms with Crippen molar-refractivity contribution in [2.24, 2.45) is 0 Å². The second-order valence-electron chi connectivity index (χ2n) is 18.9. The first-order valence-corrected chi connectivity index (χ1v) is 27.2. The summed E-state index contributed by atoms with van der Waals surface area (Å²) >= 11 is 0. The quantitative estimate of drug-likeness (QED) is 0.0243. The van der Waals surface area contributed by atoms with Gasteiger partial charge in [0.2, 0.25) is 5.91 Å². The third-order valence-electron chi connectivity index (χ3n) is 11.7. The number of hydrogen-bond donors (Lipinski definition) is 3. The van der Waals surface area contributed by atoms with Gasteiger partial charge in [0.25, 0.3) is 0 Å². The van der Waals surface area contributed by atoms with Crippen LogP contribution in [0, 0.1) is 0 Å². The highest BCUT2D eigenvalue weighted by molar-refractivity contribution is 7.47. The number of hydrogen-bond acceptors (Lipinski definition) is 5. The van der Waals surface area contributed by atoms with Crippen molar-refractivity contribution < 1.29 is 32.9 Å². The average Bonchev–Trinajstić information content (AvgIpc) is 3.20. The van der Waals surface area contributed by atoms with Gasteiger partial charge in [0, 0.05) is 6.42 Å². The smallest absolute Gasteiger partial charge is 0.387 e. The molecule has 8 nitrogen and oxygen atoms in total. The van der Waals surface area contributed by atoms with Crippen molar-refractivity contribution in [2.45, 2.75) is 257 Å². The van der Waals surface area contributed by atoms with E-state index in [1.165, 1.54) is 186 Å². The molecule has 0 aliphatic carbocycles. The lowest BCUT2D eigenvalue weighted by Gasteiger charge is -2.25. The number of carbonyl (C=O) groups excluding carboxylic acids is 1. The zero-order valence-corrected chi connectivity index (χ0v) is 41.4. The Balaban J connectivity index is 4.28. The van der Waals surface area contributed by atoms with Crippen molar-refractivity contribution in [3.8, 4) is 0 Å². The molecule has 0 saturated heterocycles. The molecule has 60 heavy (non-hydrogen) atoms. The van der Waals surface area contributed by atoms with Crippen LogP contribution in [0.1, 0.15) is 245 Å². The highest BCUT2D eigenvalue weighted by atomic mass is 31.2. The molecule has 0 aromatic rings. The highest BCUT2D eigenvalue weighted by Crippen LogP contribution is 2.43. The number of unbranched alkanes of at least 4 members (excludes halogenated alkanes) is 32. The third-order valence-corrected chi connectivity index (χ3v) is 12.7. The first-order chi connectivity index (χ1) is 29.0. The van der Waals surface area contributed by atoms with Crippen LogP contribution in [0.4, 0.5) is 0 Å². The van der Waals surface area contributed by atoms with Gasteiger partial charge in [-0.3, -0.25) is 13.8 Å². The Hall–Kier alpha value is -1.02. The molecular formula is C51H102N2O6P+. The normalized spacial score (nSPS) is 14.3. The molecule has 0 bridgehead atoms. The molecule has 0 fully saturated rings. The Morgan fingerprint density at radius 1 is 0.550 bits per heavy atom. The zero-order valence-electron chi connectivity index (χ0n) is 40.5. The number of allylic oxidation sites excluding steroid dienone is 3. The molecule has 0 saturated carbocycles. The fourth-order valence-electron chi connectivity index (χ4n) is 7.59. The number of nitrogens with zero attached hydrogens (tertiary/aromatic N) is 1. The van der Waals surface area contributed by atoms with Crippen molar-refractivity contribution in [1.82, 2.24) is 5.32 Å². The fraction of sp³-hybridized carbons (Fsp3) is 0.902. The predicted molar refractivity (Wildman–Crippen MR) is 258 cm³/mol. The lowest BCUT2D eigenvalue weighted by atomic mass is 10.0. The number of quaternary nitrogens is 1. The van der Waals surface area contributed by atoms with Crippen LogP contribution in [0.2, 0.25) is 0 Å². The van der Waals surface area contributed by atoms with Gasteiger partial charge in [-0.1, -0.05) is 231 Å². The van der Waals surface area contributed by atoms with Gasteiger partial charge in [-0.05, 0) is 32.1 Å². The number of phosphoric acid groups is 1. The molecule has 356 valence electrons. The van der Waals surface area contributed by atoms with Crippen molar-refractivity contribution in [1.29, 1.82) is 0 Å². The van der Waals surface area contributed by atoms with E-state index in [1.807, 2.05) is 27.2 Å². The van der Waals surface area contributed by atoms with Crippen molar-refractivity contribution >= 4 is 13.7 Å². The maximum Gasteiger partial charge on any atom is 0.472 e. The summed E-state index contributed by atoms with van der Waals surface area (Å²) in [5.74, 6) is -0.183. The first kappa shape index (κ1) is 59.0. The summed E-state index contributed by atoms with van der Waals surface area (Å²) in [7, 11) is 1.56. The van der Waals surface area contributed by atoms with Crippen molar-refractivity contribution in [3.63, 3.8) is 0 Å². The number of carbonyl (C=O) groups is 1. The van der Waals surface area contributed by atoms with Crippen molar-refractivity contribution in [3.05, 3.63) is 24.3 Å². The Morgan fingerprint density at radius 2 is 0.917 bits per heavy atom. The number of amides is 1. The molecular weight excluding hydrogens is 768 g/mol. The van der Waals surface area contributed by atoms with E-state index in [4.69, 9.17) is 9.05 Å². The Bertz CT molecular complexity index is 1030. The molecule has 0 aliphatic heterocycles. The SMILES string of the molecule is CCCCCCCCCCCC/C=C/CC/C=C/C(O)C(COP(=O)(O)OCC[N+](C)(C)C)NC(=O)CCCCCCCCCCCCCCCCCCCCCCCC. The number of likely N-dealkylation sites (N-methyl/N-ethyl adjacent to an activating group) is 1. The van der Waals surface area contributed by atoms with Crippen LogP contribution in [-0.2, 0) is 18.4 Å². The number of rotatable bonds is 47. The molecule has 3 atom stereocenters. The molecule has 0 aromatic heterocycles. The van der Waals surface area contributed by atoms with E-state index >= 15 is 0 Å². The molecule has 9 heteroatoms. The van der Waals surface area contributed by atoms with Crippen LogP contribution in [0.25, 0.3) is 0 Å². The van der Waals surface area contributed by atoms with E-state index < -0.39 is 20.0 Å². The van der Waals surface area contributed by atoms with Crippen LogP contribution < -0.4 is 5.32 Å². The lowest BCUT2D eigenvalue weighted by Crippen LogP contribution is -2.45. The van der Waals surface area contributed by atoms with E-state index in [-0.39, 0.29) is 19.1 Å². The molecule has 3 unspecified atom stereocenters. The fourth-order valence-corrected chi connectivity index (χ4v) is 8.32. The largest absolute Gasteiger partial charge is 0.472 e. The molecule has 3 N–H and O–H groups in total. The number of aliphatic hydroxyl groups excluding tert-OH is 1. The summed E-state index contributed by atoms with van der Waals surface area (Å²) in [5.41, 5.74) is 0. The summed E-state index contributed by atoms with van der Waals surface area (Å²) in [6.45, 7) is 4.82. The van der Waals surface area contributed by atoms with Gasteiger partial charge in [-0.25, -0.2) is 4.57 Å². The van der Waals surface area contributed by atoms with Gasteiger partial charge < -0.3 is 19.8 Å². The molecule has 0 rings (SSSR count). The van der Waals surface area contributed by atoms with Gasteiger partial charge in [0.15, 0.2) is 0 Å². The van der Waals surface area contributed by atoms with E-state index in [2.05, 4.69) is 31.3 Å². The Kier molecular flexibility index (Phi) is 42.5. The minimum Gasteiger partial charge on any atom is -0.387 e. The highest BCUT2D eigenvalue weighted by Gasteiger charge is 2.27. The van der Waals surface area contributed by atoms with Crippen LogP contribution >= 0.6 is 7.82 Å². The number of phosphoric ester groups is 1. The van der Waals surface area contributed by atoms with E-state index in [9.17, 15) is 19.4 Å². The Morgan fingerprint density at radius 3 is 1.33 bits per heavy atom. The Labute approximate surface area is 373 Å². The summed E-state index contributed by atoms with van der Waals surface area (Å²) in [6.07, 6.45) is 52.6. The van der Waals surface area contributed by atoms with E-state index in [0.717, 1.165) is 38.5 Å². The first-order valence-electron chi connectivity index (χ1n) is 25.7. The maximum absolute atomic E-state index is 12.9. The molecule has 0 aliphatic rings.